The lowest BCUT2D eigenvalue weighted by molar-refractivity contribution is -0.178. The van der Waals surface area contributed by atoms with Gasteiger partial charge in [0.15, 0.2) is 0 Å². The minimum atomic E-state index is -0.351. The van der Waals surface area contributed by atoms with Crippen molar-refractivity contribution in [2.24, 2.45) is 11.8 Å². The molecule has 0 aromatic carbocycles. The lowest BCUT2D eigenvalue weighted by Crippen LogP contribution is -2.48. The lowest BCUT2D eigenvalue weighted by atomic mass is 9.66. The highest BCUT2D eigenvalue weighted by atomic mass is 32.2. The molecule has 176 valence electrons. The SMILES string of the molecule is CCC(CC)(OC(=O)CCSC)C1CCC(C(CC)(CC)OC(=O)CCSC)CC1. The number of carbonyl (C=O) groups excluding carboxylic acids is 2. The van der Waals surface area contributed by atoms with Crippen molar-refractivity contribution in [3.8, 4) is 0 Å². The van der Waals surface area contributed by atoms with Crippen LogP contribution >= 0.6 is 23.5 Å². The molecule has 0 bridgehead atoms. The Hall–Kier alpha value is -0.360. The van der Waals surface area contributed by atoms with E-state index < -0.39 is 0 Å². The number of hydrogen-bond acceptors (Lipinski definition) is 6. The van der Waals surface area contributed by atoms with Gasteiger partial charge in [0, 0.05) is 11.5 Å². The molecule has 0 atom stereocenters. The van der Waals surface area contributed by atoms with Gasteiger partial charge in [0.2, 0.25) is 0 Å². The van der Waals surface area contributed by atoms with E-state index >= 15 is 0 Å². The summed E-state index contributed by atoms with van der Waals surface area (Å²) in [6.45, 7) is 8.58. The summed E-state index contributed by atoms with van der Waals surface area (Å²) in [7, 11) is 0. The Labute approximate surface area is 193 Å². The van der Waals surface area contributed by atoms with E-state index in [9.17, 15) is 9.59 Å². The molecule has 1 aliphatic rings. The molecule has 0 aliphatic heterocycles. The first-order valence-corrected chi connectivity index (χ1v) is 14.6. The van der Waals surface area contributed by atoms with Crippen molar-refractivity contribution in [1.29, 1.82) is 0 Å². The maximum absolute atomic E-state index is 12.4. The van der Waals surface area contributed by atoms with Crippen LogP contribution in [-0.4, -0.2) is 47.2 Å². The van der Waals surface area contributed by atoms with Gasteiger partial charge in [-0.15, -0.1) is 0 Å². The van der Waals surface area contributed by atoms with E-state index in [2.05, 4.69) is 27.7 Å². The van der Waals surface area contributed by atoms with Gasteiger partial charge in [-0.2, -0.15) is 23.5 Å². The molecule has 1 aliphatic carbocycles. The van der Waals surface area contributed by atoms with Crippen LogP contribution in [0.4, 0.5) is 0 Å². The third kappa shape index (κ3) is 7.36. The maximum atomic E-state index is 12.4. The van der Waals surface area contributed by atoms with E-state index in [0.29, 0.717) is 24.7 Å². The molecule has 1 rings (SSSR count). The lowest BCUT2D eigenvalue weighted by Gasteiger charge is -2.47. The van der Waals surface area contributed by atoms with E-state index in [4.69, 9.17) is 9.47 Å². The van der Waals surface area contributed by atoms with Gasteiger partial charge in [0.1, 0.15) is 11.2 Å². The third-order valence-electron chi connectivity index (χ3n) is 7.26. The zero-order chi connectivity index (χ0) is 22.6. The molecular formula is C24H44O4S2. The monoisotopic (exact) mass is 460 g/mol. The number of thioether (sulfide) groups is 2. The summed E-state index contributed by atoms with van der Waals surface area (Å²) < 4.78 is 12.2. The van der Waals surface area contributed by atoms with E-state index in [1.165, 1.54) is 0 Å². The number of carbonyl (C=O) groups is 2. The minimum Gasteiger partial charge on any atom is -0.459 e. The first-order chi connectivity index (χ1) is 14.4. The molecule has 0 amide bonds. The van der Waals surface area contributed by atoms with E-state index in [0.717, 1.165) is 62.9 Å². The van der Waals surface area contributed by atoms with Gasteiger partial charge in [0.25, 0.3) is 0 Å². The summed E-state index contributed by atoms with van der Waals surface area (Å²) in [5.41, 5.74) is -0.701. The summed E-state index contributed by atoms with van der Waals surface area (Å²) in [6.07, 6.45) is 12.6. The second-order valence-corrected chi connectivity index (χ2v) is 10.5. The zero-order valence-corrected chi connectivity index (χ0v) is 21.7. The summed E-state index contributed by atoms with van der Waals surface area (Å²) in [5.74, 6) is 2.28. The predicted octanol–water partition coefficient (Wildman–Crippen LogP) is 6.50. The second kappa shape index (κ2) is 13.9. The zero-order valence-electron chi connectivity index (χ0n) is 20.1. The van der Waals surface area contributed by atoms with Crippen molar-refractivity contribution in [1.82, 2.24) is 0 Å². The minimum absolute atomic E-state index is 0.0608. The van der Waals surface area contributed by atoms with Gasteiger partial charge >= 0.3 is 11.9 Å². The first-order valence-electron chi connectivity index (χ1n) is 11.8. The Bertz CT molecular complexity index is 461. The Kier molecular flexibility index (Phi) is 12.8. The van der Waals surface area contributed by atoms with Gasteiger partial charge in [-0.05, 0) is 75.7 Å². The van der Waals surface area contributed by atoms with Crippen molar-refractivity contribution < 1.29 is 19.1 Å². The fourth-order valence-electron chi connectivity index (χ4n) is 5.18. The van der Waals surface area contributed by atoms with Crippen molar-refractivity contribution in [2.45, 2.75) is 103 Å². The van der Waals surface area contributed by atoms with Crippen LogP contribution in [0.1, 0.15) is 91.9 Å². The van der Waals surface area contributed by atoms with Crippen LogP contribution in [0.25, 0.3) is 0 Å². The van der Waals surface area contributed by atoms with Crippen LogP contribution in [0.3, 0.4) is 0 Å². The standard InChI is InChI=1S/C24H44O4S2/c1-7-23(8-2,27-21(25)15-17-29-5)19-11-13-20(14-12-19)24(9-3,10-4)28-22(26)16-18-30-6/h19-20H,7-18H2,1-6H3. The van der Waals surface area contributed by atoms with Crippen LogP contribution in [0, 0.1) is 11.8 Å². The Morgan fingerprint density at radius 1 is 0.700 bits per heavy atom. The molecule has 0 aromatic heterocycles. The molecular weight excluding hydrogens is 416 g/mol. The van der Waals surface area contributed by atoms with Gasteiger partial charge in [0.05, 0.1) is 12.8 Å². The molecule has 0 aromatic rings. The van der Waals surface area contributed by atoms with Gasteiger partial charge in [-0.1, -0.05) is 27.7 Å². The topological polar surface area (TPSA) is 52.6 Å². The highest BCUT2D eigenvalue weighted by Gasteiger charge is 2.46. The molecule has 1 saturated carbocycles. The molecule has 30 heavy (non-hydrogen) atoms. The predicted molar refractivity (Wildman–Crippen MR) is 130 cm³/mol. The van der Waals surface area contributed by atoms with E-state index in [1.54, 1.807) is 23.5 Å². The summed E-state index contributed by atoms with van der Waals surface area (Å²) >= 11 is 3.36. The van der Waals surface area contributed by atoms with Crippen LogP contribution in [0.2, 0.25) is 0 Å². The van der Waals surface area contributed by atoms with E-state index in [-0.39, 0.29) is 23.1 Å². The van der Waals surface area contributed by atoms with Crippen molar-refractivity contribution >= 4 is 35.5 Å². The highest BCUT2D eigenvalue weighted by molar-refractivity contribution is 7.98. The molecule has 0 unspecified atom stereocenters. The average Bonchev–Trinajstić information content (AvgIpc) is 2.78. The first kappa shape index (κ1) is 27.7. The van der Waals surface area contributed by atoms with Crippen LogP contribution in [0.15, 0.2) is 0 Å². The highest BCUT2D eigenvalue weighted by Crippen LogP contribution is 2.46. The van der Waals surface area contributed by atoms with Gasteiger partial charge < -0.3 is 9.47 Å². The normalized spacial score (nSPS) is 20.1. The molecule has 0 spiro atoms. The molecule has 0 N–H and O–H groups in total. The Balaban J connectivity index is 2.83. The average molecular weight is 461 g/mol. The summed E-state index contributed by atoms with van der Waals surface area (Å²) in [4.78, 5) is 24.8. The van der Waals surface area contributed by atoms with Crippen molar-refractivity contribution in [3.05, 3.63) is 0 Å². The third-order valence-corrected chi connectivity index (χ3v) is 8.49. The molecule has 0 heterocycles. The Morgan fingerprint density at radius 2 is 1.00 bits per heavy atom. The molecule has 6 heteroatoms. The molecule has 0 saturated heterocycles. The number of rotatable bonds is 14. The second-order valence-electron chi connectivity index (χ2n) is 8.53. The van der Waals surface area contributed by atoms with Crippen LogP contribution < -0.4 is 0 Å². The smallest absolute Gasteiger partial charge is 0.307 e. The molecule has 1 fully saturated rings. The fourth-order valence-corrected chi connectivity index (χ4v) is 5.92. The Morgan fingerprint density at radius 3 is 1.23 bits per heavy atom. The van der Waals surface area contributed by atoms with Crippen molar-refractivity contribution in [3.63, 3.8) is 0 Å². The maximum Gasteiger partial charge on any atom is 0.307 e. The molecule has 4 nitrogen and oxygen atoms in total. The van der Waals surface area contributed by atoms with Gasteiger partial charge in [-0.3, -0.25) is 9.59 Å². The number of esters is 2. The van der Waals surface area contributed by atoms with E-state index in [1.807, 2.05) is 12.5 Å². The largest absolute Gasteiger partial charge is 0.459 e. The quantitative estimate of drug-likeness (QED) is 0.276. The van der Waals surface area contributed by atoms with Crippen LogP contribution in [0.5, 0.6) is 0 Å². The summed E-state index contributed by atoms with van der Waals surface area (Å²) in [5, 5.41) is 0. The number of ether oxygens (including phenoxy) is 2. The summed E-state index contributed by atoms with van der Waals surface area (Å²) in [6, 6.07) is 0. The number of hydrogen-bond donors (Lipinski definition) is 0. The fraction of sp³-hybridized carbons (Fsp3) is 0.917. The van der Waals surface area contributed by atoms with Gasteiger partial charge in [-0.25, -0.2) is 0 Å². The molecule has 0 radical (unpaired) electrons. The van der Waals surface area contributed by atoms with Crippen LogP contribution in [-0.2, 0) is 19.1 Å². The van der Waals surface area contributed by atoms with Crippen molar-refractivity contribution in [2.75, 3.05) is 24.0 Å².